The van der Waals surface area contributed by atoms with Crippen LogP contribution in [0.15, 0.2) is 23.6 Å². The molecule has 4 rings (SSSR count). The second-order valence-corrected chi connectivity index (χ2v) is 11.5. The van der Waals surface area contributed by atoms with Gasteiger partial charge in [0, 0.05) is 10.9 Å². The third-order valence-electron chi connectivity index (χ3n) is 6.96. The number of rotatable bonds is 6. The topological polar surface area (TPSA) is 68.7 Å². The van der Waals surface area contributed by atoms with Crippen LogP contribution in [-0.4, -0.2) is 35.6 Å². The van der Waals surface area contributed by atoms with Crippen molar-refractivity contribution in [2.24, 2.45) is 11.3 Å². The second-order valence-electron chi connectivity index (χ2n) is 10.6. The molecule has 2 aromatic rings. The first-order chi connectivity index (χ1) is 16.2. The van der Waals surface area contributed by atoms with Gasteiger partial charge in [-0.25, -0.2) is 4.98 Å². The van der Waals surface area contributed by atoms with Crippen LogP contribution in [0.1, 0.15) is 71.7 Å². The summed E-state index contributed by atoms with van der Waals surface area (Å²) in [6.07, 6.45) is 5.16. The first kappa shape index (κ1) is 24.7. The smallest absolute Gasteiger partial charge is 0.326 e. The molecule has 0 spiro atoms. The summed E-state index contributed by atoms with van der Waals surface area (Å²) in [5.41, 5.74) is 2.66. The van der Waals surface area contributed by atoms with E-state index < -0.39 is 6.10 Å². The highest BCUT2D eigenvalue weighted by molar-refractivity contribution is 7.09. The first-order valence-corrected chi connectivity index (χ1v) is 13.3. The maximum Gasteiger partial charge on any atom is 0.326 e. The number of aromatic nitrogens is 1. The van der Waals surface area contributed by atoms with E-state index in [9.17, 15) is 9.59 Å². The zero-order chi connectivity index (χ0) is 24.5. The highest BCUT2D eigenvalue weighted by atomic mass is 32.1. The fourth-order valence-corrected chi connectivity index (χ4v) is 5.81. The molecule has 0 bridgehead atoms. The number of carbonyl (C=O) groups is 2. The van der Waals surface area contributed by atoms with Crippen molar-refractivity contribution in [3.63, 3.8) is 0 Å². The maximum absolute atomic E-state index is 13.0. The van der Waals surface area contributed by atoms with Gasteiger partial charge < -0.3 is 9.47 Å². The number of esters is 1. The summed E-state index contributed by atoms with van der Waals surface area (Å²) in [5.74, 6) is 0.649. The Kier molecular flexibility index (Phi) is 7.31. The molecule has 184 valence electrons. The molecule has 2 aliphatic rings. The van der Waals surface area contributed by atoms with Crippen LogP contribution in [0.4, 0.5) is 5.69 Å². The minimum Gasteiger partial charge on any atom is -0.479 e. The summed E-state index contributed by atoms with van der Waals surface area (Å²) in [7, 11) is 0. The normalized spacial score (nSPS) is 22.8. The monoisotopic (exact) mass is 484 g/mol. The van der Waals surface area contributed by atoms with Gasteiger partial charge in [0.15, 0.2) is 6.10 Å². The standard InChI is InChI=1S/C27H36N2O4S/c1-6-7-24-28-21(16-34-24)18-8-13-23-22(14-18)29(26(31)17(2)32-23)15-25(30)33-20-11-9-19(10-12-20)27(3,4)5/h8,13-14,16-17,19-20H,6-7,9-12,15H2,1-5H3. The summed E-state index contributed by atoms with van der Waals surface area (Å²) >= 11 is 1.64. The van der Waals surface area contributed by atoms with Gasteiger partial charge in [0.25, 0.3) is 5.91 Å². The molecule has 1 saturated carbocycles. The van der Waals surface area contributed by atoms with Gasteiger partial charge in [0.05, 0.1) is 16.4 Å². The molecule has 0 saturated heterocycles. The SMILES string of the molecule is CCCc1nc(-c2ccc3c(c2)N(CC(=O)OC2CCC(C(C)(C)C)CC2)C(=O)C(C)O3)cs1. The van der Waals surface area contributed by atoms with E-state index in [1.165, 1.54) is 4.90 Å². The summed E-state index contributed by atoms with van der Waals surface area (Å²) in [4.78, 5) is 32.1. The van der Waals surface area contributed by atoms with Crippen LogP contribution >= 0.6 is 11.3 Å². The van der Waals surface area contributed by atoms with Crippen molar-refractivity contribution in [3.8, 4) is 17.0 Å². The van der Waals surface area contributed by atoms with Gasteiger partial charge in [-0.15, -0.1) is 11.3 Å². The van der Waals surface area contributed by atoms with Crippen LogP contribution < -0.4 is 9.64 Å². The van der Waals surface area contributed by atoms with Crippen LogP contribution in [0.25, 0.3) is 11.3 Å². The molecule has 7 heteroatoms. The number of carbonyl (C=O) groups excluding carboxylic acids is 2. The summed E-state index contributed by atoms with van der Waals surface area (Å²) < 4.78 is 11.6. The van der Waals surface area contributed by atoms with Crippen molar-refractivity contribution in [2.45, 2.75) is 85.4 Å². The van der Waals surface area contributed by atoms with Gasteiger partial charge in [-0.1, -0.05) is 27.7 Å². The third-order valence-corrected chi connectivity index (χ3v) is 7.87. The van der Waals surface area contributed by atoms with Gasteiger partial charge in [-0.2, -0.15) is 0 Å². The molecule has 2 heterocycles. The zero-order valence-electron chi connectivity index (χ0n) is 20.9. The predicted molar refractivity (Wildman–Crippen MR) is 135 cm³/mol. The minimum atomic E-state index is -0.649. The molecule has 0 N–H and O–H groups in total. The maximum atomic E-state index is 13.0. The number of aryl methyl sites for hydroxylation is 1. The van der Waals surface area contributed by atoms with E-state index in [-0.39, 0.29) is 29.9 Å². The van der Waals surface area contributed by atoms with E-state index in [2.05, 4.69) is 27.7 Å². The highest BCUT2D eigenvalue weighted by Crippen LogP contribution is 2.40. The van der Waals surface area contributed by atoms with Crippen molar-refractivity contribution in [1.82, 2.24) is 4.98 Å². The summed E-state index contributed by atoms with van der Waals surface area (Å²) in [6.45, 7) is 10.6. The number of ether oxygens (including phenoxy) is 2. The predicted octanol–water partition coefficient (Wildman–Crippen LogP) is 6.02. The fraction of sp³-hybridized carbons (Fsp3) is 0.593. The number of nitrogens with zero attached hydrogens (tertiary/aromatic N) is 2. The second kappa shape index (κ2) is 10.1. The lowest BCUT2D eigenvalue weighted by atomic mass is 9.72. The molecule has 0 radical (unpaired) electrons. The lowest BCUT2D eigenvalue weighted by Gasteiger charge is -2.37. The van der Waals surface area contributed by atoms with Crippen molar-refractivity contribution in [1.29, 1.82) is 0 Å². The molecule has 6 nitrogen and oxygen atoms in total. The lowest BCUT2D eigenvalue weighted by molar-refractivity contribution is -0.150. The average molecular weight is 485 g/mol. The largest absolute Gasteiger partial charge is 0.479 e. The van der Waals surface area contributed by atoms with Crippen molar-refractivity contribution in [2.75, 3.05) is 11.4 Å². The first-order valence-electron chi connectivity index (χ1n) is 12.4. The zero-order valence-corrected chi connectivity index (χ0v) is 21.7. The number of fused-ring (bicyclic) bond motifs is 1. The van der Waals surface area contributed by atoms with Gasteiger partial charge in [-0.3, -0.25) is 14.5 Å². The molecule has 1 aromatic heterocycles. The molecule has 1 aliphatic heterocycles. The quantitative estimate of drug-likeness (QED) is 0.469. The Balaban J connectivity index is 1.47. The summed E-state index contributed by atoms with van der Waals surface area (Å²) in [5, 5.41) is 3.13. The number of hydrogen-bond donors (Lipinski definition) is 0. The molecule has 1 fully saturated rings. The fourth-order valence-electron chi connectivity index (χ4n) is 4.90. The number of hydrogen-bond acceptors (Lipinski definition) is 6. The van der Waals surface area contributed by atoms with E-state index in [1.54, 1.807) is 18.3 Å². The Morgan fingerprint density at radius 2 is 1.97 bits per heavy atom. The molecule has 1 unspecified atom stereocenters. The minimum absolute atomic E-state index is 0.0718. The van der Waals surface area contributed by atoms with E-state index in [0.29, 0.717) is 17.4 Å². The van der Waals surface area contributed by atoms with Crippen LogP contribution in [-0.2, 0) is 20.7 Å². The van der Waals surface area contributed by atoms with E-state index >= 15 is 0 Å². The van der Waals surface area contributed by atoms with Crippen molar-refractivity contribution >= 4 is 28.9 Å². The van der Waals surface area contributed by atoms with Gasteiger partial charge in [0.1, 0.15) is 18.4 Å². The van der Waals surface area contributed by atoms with Gasteiger partial charge in [-0.05, 0) is 75.0 Å². The Bertz CT molecular complexity index is 1030. The molecule has 1 amide bonds. The highest BCUT2D eigenvalue weighted by Gasteiger charge is 2.35. The van der Waals surface area contributed by atoms with Crippen LogP contribution in [0.2, 0.25) is 0 Å². The number of amides is 1. The van der Waals surface area contributed by atoms with Gasteiger partial charge >= 0.3 is 5.97 Å². The molecule has 1 atom stereocenters. The van der Waals surface area contributed by atoms with E-state index in [1.807, 2.05) is 23.6 Å². The molecule has 1 aromatic carbocycles. The van der Waals surface area contributed by atoms with E-state index in [4.69, 9.17) is 14.5 Å². The average Bonchev–Trinajstić information content (AvgIpc) is 3.25. The molecular weight excluding hydrogens is 448 g/mol. The molecular formula is C27H36N2O4S. The Morgan fingerprint density at radius 1 is 1.24 bits per heavy atom. The van der Waals surface area contributed by atoms with Crippen molar-refractivity contribution < 1.29 is 19.1 Å². The van der Waals surface area contributed by atoms with Crippen molar-refractivity contribution in [3.05, 3.63) is 28.6 Å². The lowest BCUT2D eigenvalue weighted by Crippen LogP contribution is -2.47. The van der Waals surface area contributed by atoms with Crippen LogP contribution in [0.3, 0.4) is 0 Å². The third kappa shape index (κ3) is 5.45. The van der Waals surface area contributed by atoms with E-state index in [0.717, 1.165) is 54.8 Å². The molecule has 1 aliphatic carbocycles. The Labute approximate surface area is 206 Å². The number of benzene rings is 1. The summed E-state index contributed by atoms with van der Waals surface area (Å²) in [6, 6.07) is 5.71. The molecule has 34 heavy (non-hydrogen) atoms. The number of anilines is 1. The Morgan fingerprint density at radius 3 is 2.65 bits per heavy atom. The van der Waals surface area contributed by atoms with Crippen LogP contribution in [0.5, 0.6) is 5.75 Å². The Hall–Kier alpha value is -2.41. The van der Waals surface area contributed by atoms with Crippen LogP contribution in [0, 0.1) is 11.3 Å². The number of thiazole rings is 1. The van der Waals surface area contributed by atoms with Gasteiger partial charge in [0.2, 0.25) is 0 Å².